The first-order valence-corrected chi connectivity index (χ1v) is 5.73. The second-order valence-corrected chi connectivity index (χ2v) is 4.74. The van der Waals surface area contributed by atoms with Crippen LogP contribution in [0.1, 0.15) is 6.42 Å². The van der Waals surface area contributed by atoms with Gasteiger partial charge in [0.25, 0.3) is 0 Å². The Kier molecular flexibility index (Phi) is 3.11. The van der Waals surface area contributed by atoms with Gasteiger partial charge in [-0.3, -0.25) is 9.69 Å². The Morgan fingerprint density at radius 1 is 1.69 bits per heavy atom. The third-order valence-corrected chi connectivity index (χ3v) is 3.01. The van der Waals surface area contributed by atoms with Gasteiger partial charge in [0, 0.05) is 36.2 Å². The van der Waals surface area contributed by atoms with Crippen LogP contribution < -0.4 is 10.6 Å². The van der Waals surface area contributed by atoms with E-state index >= 15 is 0 Å². The lowest BCUT2D eigenvalue weighted by atomic mass is 10.1. The largest absolute Gasteiger partial charge is 0.396 e. The van der Waals surface area contributed by atoms with E-state index < -0.39 is 0 Å². The molecule has 1 amide bonds. The van der Waals surface area contributed by atoms with E-state index in [1.807, 2.05) is 0 Å². The average Bonchev–Trinajstić information content (AvgIpc) is 2.60. The molecule has 1 aliphatic rings. The van der Waals surface area contributed by atoms with Gasteiger partial charge in [0.05, 0.1) is 5.69 Å². The second-order valence-electron chi connectivity index (χ2n) is 3.82. The molecule has 1 atom stereocenters. The summed E-state index contributed by atoms with van der Waals surface area (Å²) >= 11 is 3.26. The number of anilines is 2. The van der Waals surface area contributed by atoms with Crippen LogP contribution in [0.5, 0.6) is 0 Å². The molecule has 0 spiro atoms. The van der Waals surface area contributed by atoms with E-state index in [1.165, 1.54) is 4.90 Å². The van der Waals surface area contributed by atoms with Crippen LogP contribution in [0.2, 0.25) is 0 Å². The Morgan fingerprint density at radius 3 is 3.00 bits per heavy atom. The number of aromatic nitrogens is 1. The van der Waals surface area contributed by atoms with Gasteiger partial charge in [-0.2, -0.15) is 0 Å². The average molecular weight is 286 g/mol. The van der Waals surface area contributed by atoms with E-state index in [0.717, 1.165) is 4.47 Å². The summed E-state index contributed by atoms with van der Waals surface area (Å²) in [4.78, 5) is 17.3. The first-order valence-electron chi connectivity index (χ1n) is 4.94. The number of halogens is 1. The number of nitrogen functional groups attached to an aromatic ring is 1. The summed E-state index contributed by atoms with van der Waals surface area (Å²) in [5.41, 5.74) is 6.26. The number of carbonyl (C=O) groups is 1. The van der Waals surface area contributed by atoms with Crippen molar-refractivity contribution in [3.05, 3.63) is 16.7 Å². The zero-order valence-electron chi connectivity index (χ0n) is 8.56. The van der Waals surface area contributed by atoms with E-state index in [0.29, 0.717) is 24.5 Å². The molecule has 1 aromatic heterocycles. The van der Waals surface area contributed by atoms with Crippen LogP contribution in [0, 0.1) is 5.92 Å². The molecule has 6 heteroatoms. The summed E-state index contributed by atoms with van der Waals surface area (Å²) in [7, 11) is 0. The van der Waals surface area contributed by atoms with Crippen molar-refractivity contribution in [3.8, 4) is 0 Å². The second kappa shape index (κ2) is 4.39. The third-order valence-electron chi connectivity index (χ3n) is 2.58. The van der Waals surface area contributed by atoms with E-state index in [4.69, 9.17) is 10.8 Å². The summed E-state index contributed by atoms with van der Waals surface area (Å²) in [6, 6.07) is 1.71. The minimum atomic E-state index is -0.0411. The molecule has 0 bridgehead atoms. The molecule has 2 heterocycles. The molecule has 3 N–H and O–H groups in total. The number of carbonyl (C=O) groups excluding carboxylic acids is 1. The molecule has 1 unspecified atom stereocenters. The van der Waals surface area contributed by atoms with Crippen molar-refractivity contribution in [2.75, 3.05) is 23.8 Å². The van der Waals surface area contributed by atoms with Gasteiger partial charge in [0.1, 0.15) is 0 Å². The maximum Gasteiger partial charge on any atom is 0.228 e. The monoisotopic (exact) mass is 285 g/mol. The van der Waals surface area contributed by atoms with Gasteiger partial charge < -0.3 is 10.8 Å². The molecule has 1 fully saturated rings. The fourth-order valence-corrected chi connectivity index (χ4v) is 2.13. The number of nitrogens with zero attached hydrogens (tertiary/aromatic N) is 2. The molecule has 0 radical (unpaired) electrons. The Labute approximate surface area is 101 Å². The number of amides is 1. The number of aliphatic hydroxyl groups is 1. The van der Waals surface area contributed by atoms with Gasteiger partial charge in [0.15, 0.2) is 5.82 Å². The maximum atomic E-state index is 11.7. The zero-order valence-corrected chi connectivity index (χ0v) is 10.1. The highest BCUT2D eigenvalue weighted by Crippen LogP contribution is 2.29. The molecule has 1 aromatic rings. The molecule has 1 saturated heterocycles. The Morgan fingerprint density at radius 2 is 2.44 bits per heavy atom. The highest BCUT2D eigenvalue weighted by molar-refractivity contribution is 9.10. The van der Waals surface area contributed by atoms with Crippen molar-refractivity contribution in [2.24, 2.45) is 5.92 Å². The molecule has 5 nitrogen and oxygen atoms in total. The summed E-state index contributed by atoms with van der Waals surface area (Å²) in [6.07, 6.45) is 1.96. The van der Waals surface area contributed by atoms with Crippen LogP contribution in [0.15, 0.2) is 16.7 Å². The number of rotatable bonds is 2. The van der Waals surface area contributed by atoms with E-state index in [9.17, 15) is 4.79 Å². The van der Waals surface area contributed by atoms with Crippen molar-refractivity contribution in [1.82, 2.24) is 4.98 Å². The molecule has 16 heavy (non-hydrogen) atoms. The molecular formula is C10H12BrN3O2. The van der Waals surface area contributed by atoms with E-state index in [1.54, 1.807) is 12.3 Å². The number of nitrogens with two attached hydrogens (primary N) is 1. The van der Waals surface area contributed by atoms with Crippen molar-refractivity contribution in [1.29, 1.82) is 0 Å². The third kappa shape index (κ3) is 2.03. The van der Waals surface area contributed by atoms with Gasteiger partial charge in [-0.05, 0) is 22.0 Å². The van der Waals surface area contributed by atoms with Gasteiger partial charge in [0.2, 0.25) is 5.91 Å². The van der Waals surface area contributed by atoms with Crippen molar-refractivity contribution in [2.45, 2.75) is 6.42 Å². The van der Waals surface area contributed by atoms with Gasteiger partial charge in [-0.15, -0.1) is 0 Å². The Bertz CT molecular complexity index is 425. The highest BCUT2D eigenvalue weighted by atomic mass is 79.9. The van der Waals surface area contributed by atoms with Crippen LogP contribution >= 0.6 is 15.9 Å². The van der Waals surface area contributed by atoms with Crippen LogP contribution in [0.4, 0.5) is 11.5 Å². The van der Waals surface area contributed by atoms with Gasteiger partial charge in [-0.25, -0.2) is 4.98 Å². The topological polar surface area (TPSA) is 79.4 Å². The van der Waals surface area contributed by atoms with E-state index in [2.05, 4.69) is 20.9 Å². The fourth-order valence-electron chi connectivity index (χ4n) is 1.78. The Balaban J connectivity index is 2.28. The molecule has 0 saturated carbocycles. The van der Waals surface area contributed by atoms with Crippen LogP contribution in [0.3, 0.4) is 0 Å². The highest BCUT2D eigenvalue weighted by Gasteiger charge is 2.31. The molecule has 2 rings (SSSR count). The predicted molar refractivity (Wildman–Crippen MR) is 63.9 cm³/mol. The van der Waals surface area contributed by atoms with Crippen molar-refractivity contribution < 1.29 is 9.90 Å². The Hall–Kier alpha value is -1.14. The summed E-state index contributed by atoms with van der Waals surface area (Å²) in [5.74, 6) is 0.419. The first-order chi connectivity index (χ1) is 7.61. The number of hydrogen-bond donors (Lipinski definition) is 2. The number of aliphatic hydroxyl groups excluding tert-OH is 1. The number of hydrogen-bond acceptors (Lipinski definition) is 4. The molecule has 0 aliphatic carbocycles. The first kappa shape index (κ1) is 11.3. The maximum absolute atomic E-state index is 11.7. The van der Waals surface area contributed by atoms with Crippen LogP contribution in [0.25, 0.3) is 0 Å². The number of pyridine rings is 1. The molecule has 0 aromatic carbocycles. The van der Waals surface area contributed by atoms with Gasteiger partial charge >= 0.3 is 0 Å². The minimum absolute atomic E-state index is 0.0126. The zero-order chi connectivity index (χ0) is 11.7. The lowest BCUT2D eigenvalue weighted by Gasteiger charge is -2.17. The minimum Gasteiger partial charge on any atom is -0.396 e. The quantitative estimate of drug-likeness (QED) is 0.841. The summed E-state index contributed by atoms with van der Waals surface area (Å²) in [5, 5.41) is 9.02. The van der Waals surface area contributed by atoms with Gasteiger partial charge in [-0.1, -0.05) is 0 Å². The molecular weight excluding hydrogens is 274 g/mol. The lowest BCUT2D eigenvalue weighted by molar-refractivity contribution is -0.117. The van der Waals surface area contributed by atoms with Crippen LogP contribution in [-0.2, 0) is 4.79 Å². The lowest BCUT2D eigenvalue weighted by Crippen LogP contribution is -2.26. The fraction of sp³-hybridized carbons (Fsp3) is 0.400. The van der Waals surface area contributed by atoms with Crippen molar-refractivity contribution in [3.63, 3.8) is 0 Å². The van der Waals surface area contributed by atoms with Crippen LogP contribution in [-0.4, -0.2) is 29.1 Å². The normalized spacial score (nSPS) is 20.5. The standard InChI is InChI=1S/C10H12BrN3O2/c11-7-2-8(12)10(13-3-7)14-4-6(5-15)1-9(14)16/h2-3,6,15H,1,4-5,12H2. The van der Waals surface area contributed by atoms with E-state index in [-0.39, 0.29) is 18.4 Å². The SMILES string of the molecule is Nc1cc(Br)cnc1N1CC(CO)CC1=O. The molecule has 1 aliphatic heterocycles. The predicted octanol–water partition coefficient (Wildman–Crippen LogP) is 0.772. The summed E-state index contributed by atoms with van der Waals surface area (Å²) < 4.78 is 0.777. The smallest absolute Gasteiger partial charge is 0.228 e. The summed E-state index contributed by atoms with van der Waals surface area (Å²) in [6.45, 7) is 0.493. The van der Waals surface area contributed by atoms with Crippen molar-refractivity contribution >= 4 is 33.3 Å². The molecule has 86 valence electrons.